The summed E-state index contributed by atoms with van der Waals surface area (Å²) in [7, 11) is 0. The summed E-state index contributed by atoms with van der Waals surface area (Å²) < 4.78 is 5.51. The summed E-state index contributed by atoms with van der Waals surface area (Å²) in [6.45, 7) is 9.00. The lowest BCUT2D eigenvalue weighted by molar-refractivity contribution is -0.134. The van der Waals surface area contributed by atoms with Crippen LogP contribution in [-0.2, 0) is 19.1 Å². The van der Waals surface area contributed by atoms with Gasteiger partial charge in [-0.25, -0.2) is 0 Å². The highest BCUT2D eigenvalue weighted by atomic mass is 16.5. The second-order valence-corrected chi connectivity index (χ2v) is 5.92. The second kappa shape index (κ2) is 11.8. The number of ether oxygens (including phenoxy) is 1. The molecule has 6 nitrogen and oxygen atoms in total. The molecule has 0 fully saturated rings. The molecule has 0 radical (unpaired) electrons. The van der Waals surface area contributed by atoms with E-state index in [0.717, 1.165) is 17.7 Å². The van der Waals surface area contributed by atoms with Gasteiger partial charge in [0.05, 0.1) is 5.60 Å². The van der Waals surface area contributed by atoms with Gasteiger partial charge in [-0.15, -0.1) is 0 Å². The number of imide groups is 1. The van der Waals surface area contributed by atoms with Gasteiger partial charge >= 0.3 is 0 Å². The molecule has 3 amide bonds. The Bertz CT molecular complexity index is 405. The van der Waals surface area contributed by atoms with Crippen molar-refractivity contribution in [3.8, 4) is 0 Å². The van der Waals surface area contributed by atoms with E-state index < -0.39 is 0 Å². The van der Waals surface area contributed by atoms with Gasteiger partial charge in [-0.1, -0.05) is 12.5 Å². The van der Waals surface area contributed by atoms with Crippen LogP contribution < -0.4 is 5.32 Å². The molecule has 132 valence electrons. The van der Waals surface area contributed by atoms with Gasteiger partial charge in [-0.3, -0.25) is 19.3 Å². The van der Waals surface area contributed by atoms with E-state index in [4.69, 9.17) is 4.74 Å². The Labute approximate surface area is 139 Å². The van der Waals surface area contributed by atoms with E-state index in [0.29, 0.717) is 38.9 Å². The molecule has 0 aliphatic carbocycles. The van der Waals surface area contributed by atoms with Crippen molar-refractivity contribution in [2.45, 2.75) is 59.0 Å². The van der Waals surface area contributed by atoms with Crippen LogP contribution in [-0.4, -0.2) is 48.4 Å². The lowest BCUT2D eigenvalue weighted by atomic mass is 10.1. The number of nitrogens with zero attached hydrogens (tertiary/aromatic N) is 1. The first kappa shape index (κ1) is 21.3. The summed E-state index contributed by atoms with van der Waals surface area (Å²) in [6, 6.07) is 0. The quantitative estimate of drug-likeness (QED) is 0.338. The first-order valence-corrected chi connectivity index (χ1v) is 8.15. The smallest absolute Gasteiger partial charge is 0.252 e. The minimum atomic E-state index is -0.359. The maximum atomic E-state index is 11.7. The molecule has 0 bridgehead atoms. The molecule has 0 rings (SSSR count). The molecule has 0 aliphatic heterocycles. The standard InChI is InChI=1S/C17H30N2O4/c1-5-10-16(22)19(14-20)12-9-7-8-11-15(21)18-13-17(3,4)23-6-2/h5,10,14H,6-9,11-13H2,1-4H3,(H,18,21)/b10-5-. The van der Waals surface area contributed by atoms with Crippen molar-refractivity contribution in [3.05, 3.63) is 12.2 Å². The van der Waals surface area contributed by atoms with Gasteiger partial charge in [-0.2, -0.15) is 0 Å². The van der Waals surface area contributed by atoms with Crippen LogP contribution in [0.4, 0.5) is 0 Å². The van der Waals surface area contributed by atoms with Crippen LogP contribution in [0.1, 0.15) is 53.4 Å². The number of nitrogens with one attached hydrogen (secondary N) is 1. The molecular weight excluding hydrogens is 296 g/mol. The van der Waals surface area contributed by atoms with Crippen LogP contribution in [0.15, 0.2) is 12.2 Å². The van der Waals surface area contributed by atoms with E-state index in [1.165, 1.54) is 6.08 Å². The number of amides is 3. The highest BCUT2D eigenvalue weighted by Gasteiger charge is 2.18. The normalized spacial score (nSPS) is 11.5. The Morgan fingerprint density at radius 1 is 1.22 bits per heavy atom. The third-order valence-corrected chi connectivity index (χ3v) is 3.27. The van der Waals surface area contributed by atoms with Gasteiger partial charge < -0.3 is 10.1 Å². The number of carbonyl (C=O) groups is 3. The molecular formula is C17H30N2O4. The number of hydrogen-bond acceptors (Lipinski definition) is 4. The van der Waals surface area contributed by atoms with Crippen molar-refractivity contribution in [1.82, 2.24) is 10.2 Å². The Hall–Kier alpha value is -1.69. The van der Waals surface area contributed by atoms with Gasteiger partial charge in [0.25, 0.3) is 5.91 Å². The molecule has 0 heterocycles. The zero-order valence-corrected chi connectivity index (χ0v) is 14.8. The van der Waals surface area contributed by atoms with Crippen molar-refractivity contribution >= 4 is 18.2 Å². The molecule has 1 N–H and O–H groups in total. The molecule has 0 saturated carbocycles. The minimum Gasteiger partial charge on any atom is -0.374 e. The number of allylic oxidation sites excluding steroid dienone is 1. The van der Waals surface area contributed by atoms with E-state index >= 15 is 0 Å². The molecule has 0 aliphatic rings. The van der Waals surface area contributed by atoms with Gasteiger partial charge in [0.1, 0.15) is 0 Å². The Balaban J connectivity index is 3.84. The van der Waals surface area contributed by atoms with Crippen LogP contribution in [0.5, 0.6) is 0 Å². The third kappa shape index (κ3) is 10.6. The van der Waals surface area contributed by atoms with E-state index in [-0.39, 0.29) is 17.4 Å². The van der Waals surface area contributed by atoms with Crippen LogP contribution >= 0.6 is 0 Å². The Morgan fingerprint density at radius 3 is 2.48 bits per heavy atom. The predicted octanol–water partition coefficient (Wildman–Crippen LogP) is 2.04. The summed E-state index contributed by atoms with van der Waals surface area (Å²) in [5.41, 5.74) is -0.359. The number of rotatable bonds is 12. The first-order chi connectivity index (χ1) is 10.9. The molecule has 6 heteroatoms. The number of carbonyl (C=O) groups excluding carboxylic acids is 3. The molecule has 23 heavy (non-hydrogen) atoms. The van der Waals surface area contributed by atoms with Crippen molar-refractivity contribution in [1.29, 1.82) is 0 Å². The SMILES string of the molecule is C/C=C\C(=O)N(C=O)CCCCCC(=O)NCC(C)(C)OCC. The van der Waals surface area contributed by atoms with Crippen molar-refractivity contribution < 1.29 is 19.1 Å². The van der Waals surface area contributed by atoms with Crippen LogP contribution in [0.2, 0.25) is 0 Å². The lowest BCUT2D eigenvalue weighted by Gasteiger charge is -2.24. The third-order valence-electron chi connectivity index (χ3n) is 3.27. The first-order valence-electron chi connectivity index (χ1n) is 8.15. The van der Waals surface area contributed by atoms with Crippen LogP contribution in [0, 0.1) is 0 Å². The highest BCUT2D eigenvalue weighted by Crippen LogP contribution is 2.07. The summed E-state index contributed by atoms with van der Waals surface area (Å²) >= 11 is 0. The summed E-state index contributed by atoms with van der Waals surface area (Å²) in [6.07, 6.45) is 6.16. The van der Waals surface area contributed by atoms with Crippen molar-refractivity contribution in [2.75, 3.05) is 19.7 Å². The predicted molar refractivity (Wildman–Crippen MR) is 89.8 cm³/mol. The zero-order valence-electron chi connectivity index (χ0n) is 14.8. The average Bonchev–Trinajstić information content (AvgIpc) is 2.49. The average molecular weight is 326 g/mol. The largest absolute Gasteiger partial charge is 0.374 e. The fraction of sp³-hybridized carbons (Fsp3) is 0.706. The lowest BCUT2D eigenvalue weighted by Crippen LogP contribution is -2.40. The van der Waals surface area contributed by atoms with Crippen LogP contribution in [0.25, 0.3) is 0 Å². The van der Waals surface area contributed by atoms with Crippen LogP contribution in [0.3, 0.4) is 0 Å². The van der Waals surface area contributed by atoms with E-state index in [2.05, 4.69) is 5.32 Å². The summed E-state index contributed by atoms with van der Waals surface area (Å²) in [4.78, 5) is 35.2. The van der Waals surface area contributed by atoms with E-state index in [9.17, 15) is 14.4 Å². The minimum absolute atomic E-state index is 0.00462. The zero-order chi connectivity index (χ0) is 17.7. The Morgan fingerprint density at radius 2 is 1.91 bits per heavy atom. The molecule has 0 spiro atoms. The van der Waals surface area contributed by atoms with Gasteiger partial charge in [0, 0.05) is 26.1 Å². The van der Waals surface area contributed by atoms with Crippen molar-refractivity contribution in [3.63, 3.8) is 0 Å². The summed E-state index contributed by atoms with van der Waals surface area (Å²) in [5.74, 6) is -0.312. The number of unbranched alkanes of at least 4 members (excludes halogenated alkanes) is 2. The van der Waals surface area contributed by atoms with Crippen molar-refractivity contribution in [2.24, 2.45) is 0 Å². The number of hydrogen-bond donors (Lipinski definition) is 1. The monoisotopic (exact) mass is 326 g/mol. The highest BCUT2D eigenvalue weighted by molar-refractivity contribution is 5.94. The fourth-order valence-electron chi connectivity index (χ4n) is 2.04. The molecule has 0 saturated heterocycles. The van der Waals surface area contributed by atoms with E-state index in [1.54, 1.807) is 13.0 Å². The molecule has 0 aromatic carbocycles. The topological polar surface area (TPSA) is 75.7 Å². The van der Waals surface area contributed by atoms with Gasteiger partial charge in [-0.05, 0) is 46.6 Å². The molecule has 0 unspecified atom stereocenters. The maximum Gasteiger partial charge on any atom is 0.252 e. The van der Waals surface area contributed by atoms with Gasteiger partial charge in [0.2, 0.25) is 12.3 Å². The Kier molecular flexibility index (Phi) is 11.0. The second-order valence-electron chi connectivity index (χ2n) is 5.92. The molecule has 0 aromatic rings. The van der Waals surface area contributed by atoms with E-state index in [1.807, 2.05) is 20.8 Å². The fourth-order valence-corrected chi connectivity index (χ4v) is 2.04. The summed E-state index contributed by atoms with van der Waals surface area (Å²) in [5, 5.41) is 2.86. The molecule has 0 aromatic heterocycles. The molecule has 0 atom stereocenters. The van der Waals surface area contributed by atoms with Gasteiger partial charge in [0.15, 0.2) is 0 Å². The maximum absolute atomic E-state index is 11.7.